The second kappa shape index (κ2) is 10.1. The van der Waals surface area contributed by atoms with Crippen molar-refractivity contribution in [3.63, 3.8) is 0 Å². The standard InChI is InChI=1S/C12H21N5O7/c1-5(20)15-8(4-19)12(24)16-6(2-9(13)21)11(23)17-7(3-18)10(14)22/h6-8,18-19H,2-4H2,1H3,(H2,13,21)(H2,14,22)(H,15,20)(H,16,24)(H,17,23)/t6-,7+,8+/m0/s1. The highest BCUT2D eigenvalue weighted by Crippen LogP contribution is 1.96. The summed E-state index contributed by atoms with van der Waals surface area (Å²) in [5, 5.41) is 24.3. The minimum absolute atomic E-state index is 0.603. The summed E-state index contributed by atoms with van der Waals surface area (Å²) in [4.78, 5) is 56.9. The molecule has 0 fully saturated rings. The van der Waals surface area contributed by atoms with Crippen LogP contribution in [0.3, 0.4) is 0 Å². The number of hydrogen-bond donors (Lipinski definition) is 7. The van der Waals surface area contributed by atoms with Crippen LogP contribution in [0.4, 0.5) is 0 Å². The average Bonchev–Trinajstić information content (AvgIpc) is 2.47. The van der Waals surface area contributed by atoms with Gasteiger partial charge in [0.05, 0.1) is 19.6 Å². The van der Waals surface area contributed by atoms with Crippen molar-refractivity contribution in [2.24, 2.45) is 11.5 Å². The summed E-state index contributed by atoms with van der Waals surface area (Å²) in [7, 11) is 0. The van der Waals surface area contributed by atoms with Gasteiger partial charge in [0.15, 0.2) is 0 Å². The van der Waals surface area contributed by atoms with Gasteiger partial charge in [0.25, 0.3) is 0 Å². The second-order valence-corrected chi connectivity index (χ2v) is 4.81. The second-order valence-electron chi connectivity index (χ2n) is 4.81. The molecule has 12 nitrogen and oxygen atoms in total. The zero-order valence-electron chi connectivity index (χ0n) is 12.9. The Morgan fingerprint density at radius 1 is 0.833 bits per heavy atom. The number of rotatable bonds is 10. The molecule has 5 amide bonds. The summed E-state index contributed by atoms with van der Waals surface area (Å²) in [6, 6.07) is -4.27. The maximum Gasteiger partial charge on any atom is 0.245 e. The molecular formula is C12H21N5O7. The molecule has 0 aromatic carbocycles. The summed E-state index contributed by atoms with van der Waals surface area (Å²) < 4.78 is 0. The van der Waals surface area contributed by atoms with Crippen molar-refractivity contribution in [3.05, 3.63) is 0 Å². The van der Waals surface area contributed by atoms with E-state index in [1.54, 1.807) is 0 Å². The topological polar surface area (TPSA) is 214 Å². The predicted octanol–water partition coefficient (Wildman–Crippen LogP) is -5.19. The Balaban J connectivity index is 5.08. The van der Waals surface area contributed by atoms with E-state index in [2.05, 4.69) is 10.6 Å². The Kier molecular flexibility index (Phi) is 8.97. The normalized spacial score (nSPS) is 14.0. The lowest BCUT2D eigenvalue weighted by molar-refractivity contribution is -0.135. The van der Waals surface area contributed by atoms with Gasteiger partial charge in [-0.15, -0.1) is 0 Å². The Hall–Kier alpha value is -2.73. The first-order chi connectivity index (χ1) is 11.1. The molecule has 9 N–H and O–H groups in total. The highest BCUT2D eigenvalue weighted by molar-refractivity contribution is 5.96. The molecule has 0 bridgehead atoms. The molecule has 0 saturated carbocycles. The summed E-state index contributed by atoms with van der Waals surface area (Å²) in [5.41, 5.74) is 9.94. The van der Waals surface area contributed by atoms with E-state index in [4.69, 9.17) is 21.7 Å². The van der Waals surface area contributed by atoms with E-state index < -0.39 is 67.3 Å². The molecule has 136 valence electrons. The van der Waals surface area contributed by atoms with Gasteiger partial charge in [-0.1, -0.05) is 0 Å². The highest BCUT2D eigenvalue weighted by atomic mass is 16.3. The number of carbonyl (C=O) groups is 5. The van der Waals surface area contributed by atoms with Crippen LogP contribution in [0.5, 0.6) is 0 Å². The maximum absolute atomic E-state index is 12.0. The molecule has 0 aliphatic carbocycles. The summed E-state index contributed by atoms with van der Waals surface area (Å²) >= 11 is 0. The van der Waals surface area contributed by atoms with E-state index in [1.807, 2.05) is 5.32 Å². The quantitative estimate of drug-likeness (QED) is 0.204. The zero-order valence-corrected chi connectivity index (χ0v) is 12.9. The van der Waals surface area contributed by atoms with Crippen molar-refractivity contribution >= 4 is 29.5 Å². The van der Waals surface area contributed by atoms with E-state index in [-0.39, 0.29) is 0 Å². The third kappa shape index (κ3) is 7.51. The Labute approximate surface area is 136 Å². The van der Waals surface area contributed by atoms with Crippen molar-refractivity contribution in [3.8, 4) is 0 Å². The van der Waals surface area contributed by atoms with Crippen molar-refractivity contribution in [1.29, 1.82) is 0 Å². The number of amides is 5. The van der Waals surface area contributed by atoms with Gasteiger partial charge < -0.3 is 37.6 Å². The van der Waals surface area contributed by atoms with E-state index in [1.165, 1.54) is 0 Å². The van der Waals surface area contributed by atoms with Crippen LogP contribution in [0.25, 0.3) is 0 Å². The molecule has 0 aromatic heterocycles. The Morgan fingerprint density at radius 3 is 1.67 bits per heavy atom. The molecular weight excluding hydrogens is 326 g/mol. The minimum Gasteiger partial charge on any atom is -0.394 e. The van der Waals surface area contributed by atoms with E-state index in [0.29, 0.717) is 0 Å². The molecule has 0 heterocycles. The monoisotopic (exact) mass is 347 g/mol. The number of carbonyl (C=O) groups excluding carboxylic acids is 5. The van der Waals surface area contributed by atoms with Crippen LogP contribution in [0.1, 0.15) is 13.3 Å². The van der Waals surface area contributed by atoms with Gasteiger partial charge >= 0.3 is 0 Å². The lowest BCUT2D eigenvalue weighted by Gasteiger charge is -2.22. The Morgan fingerprint density at radius 2 is 1.29 bits per heavy atom. The van der Waals surface area contributed by atoms with Gasteiger partial charge in [0, 0.05) is 6.92 Å². The molecule has 0 spiro atoms. The smallest absolute Gasteiger partial charge is 0.245 e. The molecule has 0 aliphatic rings. The van der Waals surface area contributed by atoms with Crippen LogP contribution in [0.2, 0.25) is 0 Å². The van der Waals surface area contributed by atoms with Gasteiger partial charge in [0.1, 0.15) is 18.1 Å². The number of aliphatic hydroxyl groups is 2. The molecule has 0 aromatic rings. The maximum atomic E-state index is 12.0. The molecule has 0 aliphatic heterocycles. The van der Waals surface area contributed by atoms with Crippen LogP contribution in [0, 0.1) is 0 Å². The summed E-state index contributed by atoms with van der Waals surface area (Å²) in [6.45, 7) is -0.428. The molecule has 0 radical (unpaired) electrons. The van der Waals surface area contributed by atoms with Crippen molar-refractivity contribution in [2.75, 3.05) is 13.2 Å². The Bertz CT molecular complexity index is 510. The first kappa shape index (κ1) is 21.3. The van der Waals surface area contributed by atoms with Crippen LogP contribution < -0.4 is 27.4 Å². The molecule has 3 atom stereocenters. The van der Waals surface area contributed by atoms with Gasteiger partial charge in [-0.2, -0.15) is 0 Å². The lowest BCUT2D eigenvalue weighted by Crippen LogP contribution is -2.58. The SMILES string of the molecule is CC(=O)N[C@H](CO)C(=O)N[C@@H](CC(N)=O)C(=O)N[C@H](CO)C(N)=O. The van der Waals surface area contributed by atoms with E-state index >= 15 is 0 Å². The molecule has 0 rings (SSSR count). The van der Waals surface area contributed by atoms with Crippen LogP contribution in [-0.4, -0.2) is 71.1 Å². The van der Waals surface area contributed by atoms with E-state index in [9.17, 15) is 24.0 Å². The fourth-order valence-corrected chi connectivity index (χ4v) is 1.60. The van der Waals surface area contributed by atoms with Crippen molar-refractivity contribution < 1.29 is 34.2 Å². The largest absolute Gasteiger partial charge is 0.394 e. The van der Waals surface area contributed by atoms with Crippen LogP contribution >= 0.6 is 0 Å². The van der Waals surface area contributed by atoms with Gasteiger partial charge in [-0.25, -0.2) is 0 Å². The van der Waals surface area contributed by atoms with Gasteiger partial charge in [-0.05, 0) is 0 Å². The molecule has 24 heavy (non-hydrogen) atoms. The number of nitrogens with one attached hydrogen (secondary N) is 3. The fourth-order valence-electron chi connectivity index (χ4n) is 1.60. The van der Waals surface area contributed by atoms with E-state index in [0.717, 1.165) is 6.92 Å². The van der Waals surface area contributed by atoms with Crippen molar-refractivity contribution in [2.45, 2.75) is 31.5 Å². The summed E-state index contributed by atoms with van der Waals surface area (Å²) in [6.07, 6.45) is -0.618. The van der Waals surface area contributed by atoms with Gasteiger partial charge in [0.2, 0.25) is 29.5 Å². The predicted molar refractivity (Wildman–Crippen MR) is 78.6 cm³/mol. The molecule has 0 saturated heterocycles. The minimum atomic E-state index is -1.49. The average molecular weight is 347 g/mol. The highest BCUT2D eigenvalue weighted by Gasteiger charge is 2.29. The zero-order chi connectivity index (χ0) is 18.9. The fraction of sp³-hybridized carbons (Fsp3) is 0.583. The number of primary amides is 2. The third-order valence-corrected chi connectivity index (χ3v) is 2.76. The van der Waals surface area contributed by atoms with Crippen molar-refractivity contribution in [1.82, 2.24) is 16.0 Å². The first-order valence-electron chi connectivity index (χ1n) is 6.79. The third-order valence-electron chi connectivity index (χ3n) is 2.76. The summed E-state index contributed by atoms with van der Waals surface area (Å²) in [5.74, 6) is -4.51. The molecule has 12 heteroatoms. The lowest BCUT2D eigenvalue weighted by atomic mass is 10.1. The first-order valence-corrected chi connectivity index (χ1v) is 6.79. The van der Waals surface area contributed by atoms with Gasteiger partial charge in [-0.3, -0.25) is 24.0 Å². The van der Waals surface area contributed by atoms with Crippen LogP contribution in [-0.2, 0) is 24.0 Å². The number of hydrogen-bond acceptors (Lipinski definition) is 7. The molecule has 0 unspecified atom stereocenters. The van der Waals surface area contributed by atoms with Crippen LogP contribution in [0.15, 0.2) is 0 Å². The number of nitrogens with two attached hydrogens (primary N) is 2. The number of aliphatic hydroxyl groups excluding tert-OH is 2.